The van der Waals surface area contributed by atoms with E-state index in [4.69, 9.17) is 10.2 Å². The number of hydrogen-bond acceptors (Lipinski definition) is 4. The summed E-state index contributed by atoms with van der Waals surface area (Å²) in [6.45, 7) is 10.5. The SMILES string of the molecule is C[C-]1CCCC1.C[C-]1CCCC1.C[C-]1CCCC1/C=N/N(Cc1ccc(CN(/N=C/C2CCC[C-]2C)c2ccccc2)cc1)c1ccccc1.[Fe+2].[Fe+2]. The maximum Gasteiger partial charge on any atom is 2.00 e. The van der Waals surface area contributed by atoms with Gasteiger partial charge < -0.3 is 23.7 Å². The minimum absolute atomic E-state index is 0. The van der Waals surface area contributed by atoms with Gasteiger partial charge in [-0.15, -0.1) is 11.8 Å². The zero-order chi connectivity index (χ0) is 35.0. The molecule has 0 bridgehead atoms. The molecule has 0 heterocycles. The Bertz CT molecular complexity index is 1290. The Kier molecular flexibility index (Phi) is 20.4. The summed E-state index contributed by atoms with van der Waals surface area (Å²) in [5.74, 6) is 7.51. The molecule has 4 saturated carbocycles. The van der Waals surface area contributed by atoms with E-state index in [1.54, 1.807) is 23.7 Å². The van der Waals surface area contributed by atoms with Gasteiger partial charge in [0, 0.05) is 0 Å². The average Bonchev–Trinajstić information content (AvgIpc) is 3.99. The zero-order valence-corrected chi connectivity index (χ0v) is 34.4. The van der Waals surface area contributed by atoms with Gasteiger partial charge in [0.05, 0.1) is 24.5 Å². The van der Waals surface area contributed by atoms with Crippen molar-refractivity contribution in [2.24, 2.45) is 22.0 Å². The van der Waals surface area contributed by atoms with Gasteiger partial charge in [-0.1, -0.05) is 112 Å². The molecule has 4 fully saturated rings. The number of anilines is 2. The van der Waals surface area contributed by atoms with Gasteiger partial charge >= 0.3 is 34.1 Å². The van der Waals surface area contributed by atoms with Crippen LogP contribution in [0.25, 0.3) is 0 Å². The maximum atomic E-state index is 4.96. The standard InChI is InChI=1S/C34H40N4.2C6H11.2Fe/c1-27-11-9-13-31(27)23-35-37(33-15-5-3-6-16-33)25-29-19-21-30(22-20-29)26-38(34-17-7-4-8-18-34)36-24-32-14-10-12-28(32)2;2*1-6-4-2-3-5-6;;/h3-8,15-24,31-32H,9-14,25-26H2,1-2H3;2*2-5H2,1H3;;/q-2;2*-1;2*+2/b35-23+,36-24+;;;;. The summed E-state index contributed by atoms with van der Waals surface area (Å²) in [4.78, 5) is 0. The van der Waals surface area contributed by atoms with Crippen LogP contribution < -0.4 is 10.0 Å². The molecule has 4 nitrogen and oxygen atoms in total. The third kappa shape index (κ3) is 14.8. The van der Waals surface area contributed by atoms with E-state index < -0.39 is 0 Å². The van der Waals surface area contributed by atoms with E-state index in [0.717, 1.165) is 24.5 Å². The second kappa shape index (κ2) is 24.1. The Hall–Kier alpha value is -2.36. The molecule has 0 radical (unpaired) electrons. The fourth-order valence-corrected chi connectivity index (χ4v) is 7.44. The second-order valence-corrected chi connectivity index (χ2v) is 15.2. The fourth-order valence-electron chi connectivity index (χ4n) is 7.44. The number of hydrazone groups is 2. The third-order valence-electron chi connectivity index (χ3n) is 10.9. The van der Waals surface area contributed by atoms with Gasteiger partial charge in [-0.3, -0.25) is 10.0 Å². The topological polar surface area (TPSA) is 31.2 Å². The average molecular weight is 783 g/mol. The van der Waals surface area contributed by atoms with E-state index in [2.05, 4.69) is 135 Å². The molecule has 4 aliphatic carbocycles. The van der Waals surface area contributed by atoms with Crippen LogP contribution in [0.2, 0.25) is 0 Å². The van der Waals surface area contributed by atoms with E-state index in [1.807, 2.05) is 0 Å². The van der Waals surface area contributed by atoms with Gasteiger partial charge in [-0.2, -0.15) is 76.4 Å². The Morgan fingerprint density at radius 3 is 1.12 bits per heavy atom. The van der Waals surface area contributed by atoms with Crippen LogP contribution in [0.5, 0.6) is 0 Å². The van der Waals surface area contributed by atoms with Crippen LogP contribution in [0, 0.1) is 35.5 Å². The van der Waals surface area contributed by atoms with Crippen molar-refractivity contribution in [2.45, 2.75) is 131 Å². The second-order valence-electron chi connectivity index (χ2n) is 15.2. The molecule has 3 aromatic rings. The van der Waals surface area contributed by atoms with Crippen molar-refractivity contribution in [2.75, 3.05) is 10.0 Å². The summed E-state index contributed by atoms with van der Waals surface area (Å²) >= 11 is 0. The van der Waals surface area contributed by atoms with Crippen LogP contribution in [0.15, 0.2) is 95.1 Å². The normalized spacial score (nSPS) is 20.9. The molecule has 6 heteroatoms. The van der Waals surface area contributed by atoms with Crippen LogP contribution in [0.4, 0.5) is 11.4 Å². The van der Waals surface area contributed by atoms with E-state index in [0.29, 0.717) is 11.8 Å². The first-order valence-electron chi connectivity index (χ1n) is 19.5. The van der Waals surface area contributed by atoms with Crippen molar-refractivity contribution in [1.29, 1.82) is 0 Å². The molecule has 4 aliphatic rings. The fraction of sp³-hybridized carbons (Fsp3) is 0.478. The molecule has 0 aromatic heterocycles. The molecule has 7 rings (SSSR count). The van der Waals surface area contributed by atoms with Crippen LogP contribution in [-0.4, -0.2) is 12.4 Å². The molecule has 282 valence electrons. The van der Waals surface area contributed by atoms with Crippen LogP contribution in [-0.2, 0) is 47.2 Å². The van der Waals surface area contributed by atoms with Crippen molar-refractivity contribution in [1.82, 2.24) is 0 Å². The number of nitrogens with zero attached hydrogens (tertiary/aromatic N) is 4. The molecule has 2 atom stereocenters. The summed E-state index contributed by atoms with van der Waals surface area (Å²) in [5, 5.41) is 14.2. The first-order chi connectivity index (χ1) is 24.4. The maximum absolute atomic E-state index is 4.96. The first kappa shape index (κ1) is 44.0. The van der Waals surface area contributed by atoms with E-state index in [-0.39, 0.29) is 34.1 Å². The Labute approximate surface area is 338 Å². The molecule has 52 heavy (non-hydrogen) atoms. The van der Waals surface area contributed by atoms with Crippen molar-refractivity contribution in [3.63, 3.8) is 0 Å². The Morgan fingerprint density at radius 1 is 0.500 bits per heavy atom. The molecule has 0 aliphatic heterocycles. The molecular formula is C46H62Fe2N4. The van der Waals surface area contributed by atoms with Gasteiger partial charge in [0.1, 0.15) is 0 Å². The Morgan fingerprint density at radius 2 is 0.846 bits per heavy atom. The van der Waals surface area contributed by atoms with Crippen molar-refractivity contribution >= 4 is 23.8 Å². The molecule has 2 unspecified atom stereocenters. The zero-order valence-electron chi connectivity index (χ0n) is 32.2. The summed E-state index contributed by atoms with van der Waals surface area (Å²) in [7, 11) is 0. The molecule has 0 N–H and O–H groups in total. The molecule has 0 saturated heterocycles. The van der Waals surface area contributed by atoms with Crippen LogP contribution >= 0.6 is 0 Å². The largest absolute Gasteiger partial charge is 2.00 e. The van der Waals surface area contributed by atoms with Crippen molar-refractivity contribution < 1.29 is 34.1 Å². The molecular weight excluding hydrogens is 720 g/mol. The summed E-state index contributed by atoms with van der Waals surface area (Å²) in [5.41, 5.74) is 4.72. The quantitative estimate of drug-likeness (QED) is 0.0888. The number of rotatable bonds is 10. The van der Waals surface area contributed by atoms with Crippen LogP contribution in [0.3, 0.4) is 0 Å². The predicted molar refractivity (Wildman–Crippen MR) is 216 cm³/mol. The number of para-hydroxylation sites is 2. The van der Waals surface area contributed by atoms with Crippen LogP contribution in [0.1, 0.15) is 129 Å². The van der Waals surface area contributed by atoms with Gasteiger partial charge in [0.2, 0.25) is 0 Å². The summed E-state index contributed by atoms with van der Waals surface area (Å²) in [6.07, 6.45) is 23.2. The van der Waals surface area contributed by atoms with E-state index in [9.17, 15) is 0 Å². The van der Waals surface area contributed by atoms with Gasteiger partial charge in [-0.25, -0.2) is 0 Å². The minimum atomic E-state index is 0. The Balaban J connectivity index is 0.000000440. The van der Waals surface area contributed by atoms with E-state index in [1.165, 1.54) is 101 Å². The predicted octanol–water partition coefficient (Wildman–Crippen LogP) is 12.8. The summed E-state index contributed by atoms with van der Waals surface area (Å²) < 4.78 is 0. The van der Waals surface area contributed by atoms with Gasteiger partial charge in [0.25, 0.3) is 0 Å². The smallest absolute Gasteiger partial charge is 0.317 e. The number of benzene rings is 3. The van der Waals surface area contributed by atoms with E-state index >= 15 is 0 Å². The molecule has 0 amide bonds. The van der Waals surface area contributed by atoms with Crippen molar-refractivity contribution in [3.05, 3.63) is 120 Å². The summed E-state index contributed by atoms with van der Waals surface area (Å²) in [6, 6.07) is 29.9. The molecule has 3 aromatic carbocycles. The number of hydrogen-bond donors (Lipinski definition) is 0. The van der Waals surface area contributed by atoms with Gasteiger partial charge in [0.15, 0.2) is 0 Å². The molecule has 0 spiro atoms. The monoisotopic (exact) mass is 782 g/mol. The van der Waals surface area contributed by atoms with Crippen molar-refractivity contribution in [3.8, 4) is 0 Å². The van der Waals surface area contributed by atoms with Gasteiger partial charge in [-0.05, 0) is 47.8 Å². The third-order valence-corrected chi connectivity index (χ3v) is 10.9. The minimum Gasteiger partial charge on any atom is -0.317 e. The first-order valence-corrected chi connectivity index (χ1v) is 19.5.